The molecule has 2 aromatic carbocycles. The Morgan fingerprint density at radius 3 is 2.58 bits per heavy atom. The van der Waals surface area contributed by atoms with Crippen molar-refractivity contribution in [2.24, 2.45) is 10.2 Å². The van der Waals surface area contributed by atoms with Crippen LogP contribution in [0.4, 0.5) is 27.9 Å². The minimum atomic E-state index is 0.650. The Morgan fingerprint density at radius 1 is 1.00 bits per heavy atom. The molecule has 0 aliphatic rings. The molecule has 0 amide bonds. The lowest BCUT2D eigenvalue weighted by atomic mass is 10.2. The molecular weight excluding hydrogens is 320 g/mol. The largest absolute Gasteiger partial charge is 0.399 e. The number of nitrogen functional groups attached to an aromatic ring is 1. The summed E-state index contributed by atoms with van der Waals surface area (Å²) in [5.41, 5.74) is 17.7. The number of aryl methyl sites for hydroxylation is 2. The minimum absolute atomic E-state index is 0.650. The summed E-state index contributed by atoms with van der Waals surface area (Å²) < 4.78 is 0. The molecule has 24 heavy (non-hydrogen) atoms. The number of hydrogen-bond acceptors (Lipinski definition) is 7. The zero-order valence-electron chi connectivity index (χ0n) is 13.4. The Bertz CT molecular complexity index is 858. The average Bonchev–Trinajstić information content (AvgIpc) is 3.06. The van der Waals surface area contributed by atoms with Gasteiger partial charge in [0.2, 0.25) is 5.13 Å². The normalized spacial score (nSPS) is 10.9. The molecule has 0 saturated heterocycles. The number of rotatable bonds is 5. The number of azo groups is 1. The van der Waals surface area contributed by atoms with E-state index in [9.17, 15) is 0 Å². The van der Waals surface area contributed by atoms with Crippen LogP contribution in [0.25, 0.3) is 0 Å². The average molecular weight is 338 g/mol. The van der Waals surface area contributed by atoms with Crippen LogP contribution in [0.3, 0.4) is 0 Å². The summed E-state index contributed by atoms with van der Waals surface area (Å²) in [6.07, 6.45) is 1.71. The predicted molar refractivity (Wildman–Crippen MR) is 100 cm³/mol. The standard InChI is InChI=1S/C17H18N6S/c1-11-9-13(18)3-5-15(11)21-20-14-4-6-16(12(2)10-14)22-23-17-19-7-8-24-17/h3-10,20-21H,18H2,1-2H3. The third-order valence-electron chi connectivity index (χ3n) is 3.45. The Labute approximate surface area is 144 Å². The van der Waals surface area contributed by atoms with E-state index in [2.05, 4.69) is 26.1 Å². The summed E-state index contributed by atoms with van der Waals surface area (Å²) in [4.78, 5) is 4.08. The summed E-state index contributed by atoms with van der Waals surface area (Å²) in [5.74, 6) is 0. The van der Waals surface area contributed by atoms with Gasteiger partial charge in [-0.2, -0.15) is 0 Å². The monoisotopic (exact) mass is 338 g/mol. The molecule has 0 spiro atoms. The molecule has 1 heterocycles. The van der Waals surface area contributed by atoms with Crippen molar-refractivity contribution in [1.29, 1.82) is 0 Å². The van der Waals surface area contributed by atoms with Gasteiger partial charge in [-0.05, 0) is 61.4 Å². The molecule has 6 nitrogen and oxygen atoms in total. The second kappa shape index (κ2) is 7.10. The number of hydrazine groups is 1. The predicted octanol–water partition coefficient (Wildman–Crippen LogP) is 5.20. The number of nitrogens with one attached hydrogen (secondary N) is 2. The smallest absolute Gasteiger partial charge is 0.229 e. The molecule has 0 aliphatic heterocycles. The van der Waals surface area contributed by atoms with Crippen molar-refractivity contribution in [2.45, 2.75) is 13.8 Å². The highest BCUT2D eigenvalue weighted by Gasteiger charge is 2.02. The van der Waals surface area contributed by atoms with Gasteiger partial charge in [0.1, 0.15) is 0 Å². The molecule has 4 N–H and O–H groups in total. The van der Waals surface area contributed by atoms with Gasteiger partial charge in [0.15, 0.2) is 0 Å². The van der Waals surface area contributed by atoms with E-state index in [1.165, 1.54) is 11.3 Å². The lowest BCUT2D eigenvalue weighted by molar-refractivity contribution is 1.18. The fraction of sp³-hybridized carbons (Fsp3) is 0.118. The van der Waals surface area contributed by atoms with Gasteiger partial charge in [0.25, 0.3) is 0 Å². The third kappa shape index (κ3) is 3.88. The molecule has 3 aromatic rings. The van der Waals surface area contributed by atoms with E-state index in [1.54, 1.807) is 6.20 Å². The quantitative estimate of drug-likeness (QED) is 0.339. The van der Waals surface area contributed by atoms with Crippen molar-refractivity contribution in [2.75, 3.05) is 16.6 Å². The maximum Gasteiger partial charge on any atom is 0.229 e. The van der Waals surface area contributed by atoms with Crippen molar-refractivity contribution >= 4 is 39.2 Å². The molecule has 7 heteroatoms. The van der Waals surface area contributed by atoms with Crippen molar-refractivity contribution in [1.82, 2.24) is 4.98 Å². The molecule has 0 radical (unpaired) electrons. The third-order valence-corrected chi connectivity index (χ3v) is 4.11. The van der Waals surface area contributed by atoms with Crippen LogP contribution in [0, 0.1) is 13.8 Å². The highest BCUT2D eigenvalue weighted by molar-refractivity contribution is 7.13. The SMILES string of the molecule is Cc1cc(NNc2ccc(N)cc2C)ccc1N=Nc1nccs1. The fourth-order valence-corrected chi connectivity index (χ4v) is 2.63. The summed E-state index contributed by atoms with van der Waals surface area (Å²) >= 11 is 1.46. The van der Waals surface area contributed by atoms with Crippen LogP contribution in [-0.2, 0) is 0 Å². The molecule has 0 bridgehead atoms. The number of nitrogens with two attached hydrogens (primary N) is 1. The number of aromatic nitrogens is 1. The highest BCUT2D eigenvalue weighted by atomic mass is 32.1. The van der Waals surface area contributed by atoms with E-state index in [1.807, 2.05) is 55.6 Å². The van der Waals surface area contributed by atoms with Crippen LogP contribution in [0.15, 0.2) is 58.2 Å². The van der Waals surface area contributed by atoms with Crippen molar-refractivity contribution in [3.8, 4) is 0 Å². The number of benzene rings is 2. The summed E-state index contributed by atoms with van der Waals surface area (Å²) in [7, 11) is 0. The van der Waals surface area contributed by atoms with Crippen LogP contribution < -0.4 is 16.6 Å². The van der Waals surface area contributed by atoms with Gasteiger partial charge in [0, 0.05) is 17.3 Å². The molecule has 0 fully saturated rings. The first-order chi connectivity index (χ1) is 11.6. The molecule has 3 rings (SSSR count). The Balaban J connectivity index is 1.68. The first-order valence-electron chi connectivity index (χ1n) is 7.42. The number of hydrogen-bond donors (Lipinski definition) is 3. The lowest BCUT2D eigenvalue weighted by Gasteiger charge is -2.13. The van der Waals surface area contributed by atoms with Gasteiger partial charge in [-0.3, -0.25) is 0 Å². The molecule has 0 atom stereocenters. The Kier molecular flexibility index (Phi) is 4.72. The second-order valence-electron chi connectivity index (χ2n) is 5.34. The van der Waals surface area contributed by atoms with E-state index in [4.69, 9.17) is 5.73 Å². The molecule has 1 aromatic heterocycles. The van der Waals surface area contributed by atoms with E-state index < -0.39 is 0 Å². The lowest BCUT2D eigenvalue weighted by Crippen LogP contribution is -2.09. The number of thiazole rings is 1. The zero-order chi connectivity index (χ0) is 16.9. The molecule has 0 aliphatic carbocycles. The summed E-state index contributed by atoms with van der Waals surface area (Å²) in [6, 6.07) is 11.6. The van der Waals surface area contributed by atoms with Crippen LogP contribution in [0.5, 0.6) is 0 Å². The maximum absolute atomic E-state index is 5.76. The van der Waals surface area contributed by atoms with Gasteiger partial charge in [-0.15, -0.1) is 21.6 Å². The Hall–Kier alpha value is -2.93. The maximum atomic E-state index is 5.76. The van der Waals surface area contributed by atoms with E-state index in [0.717, 1.165) is 33.9 Å². The van der Waals surface area contributed by atoms with Crippen LogP contribution in [0.1, 0.15) is 11.1 Å². The van der Waals surface area contributed by atoms with Crippen molar-refractivity contribution in [3.05, 3.63) is 59.1 Å². The molecule has 0 unspecified atom stereocenters. The first kappa shape index (κ1) is 15.9. The first-order valence-corrected chi connectivity index (χ1v) is 8.30. The van der Waals surface area contributed by atoms with Gasteiger partial charge >= 0.3 is 0 Å². The molecular formula is C17H18N6S. The van der Waals surface area contributed by atoms with E-state index in [-0.39, 0.29) is 0 Å². The highest BCUT2D eigenvalue weighted by Crippen LogP contribution is 2.26. The number of nitrogens with zero attached hydrogens (tertiary/aromatic N) is 3. The van der Waals surface area contributed by atoms with Gasteiger partial charge in [0.05, 0.1) is 17.1 Å². The topological polar surface area (TPSA) is 87.7 Å². The number of anilines is 3. The van der Waals surface area contributed by atoms with Gasteiger partial charge in [-0.1, -0.05) is 0 Å². The molecule has 0 saturated carbocycles. The summed E-state index contributed by atoms with van der Waals surface area (Å²) in [5, 5.41) is 10.9. The van der Waals surface area contributed by atoms with Gasteiger partial charge in [-0.25, -0.2) is 4.98 Å². The minimum Gasteiger partial charge on any atom is -0.399 e. The second-order valence-corrected chi connectivity index (χ2v) is 6.21. The fourth-order valence-electron chi connectivity index (χ4n) is 2.17. The van der Waals surface area contributed by atoms with Crippen LogP contribution in [-0.4, -0.2) is 4.98 Å². The van der Waals surface area contributed by atoms with E-state index in [0.29, 0.717) is 5.13 Å². The van der Waals surface area contributed by atoms with E-state index >= 15 is 0 Å². The van der Waals surface area contributed by atoms with Crippen LogP contribution in [0.2, 0.25) is 0 Å². The van der Waals surface area contributed by atoms with Gasteiger partial charge < -0.3 is 16.6 Å². The molecule has 122 valence electrons. The van der Waals surface area contributed by atoms with Crippen molar-refractivity contribution < 1.29 is 0 Å². The zero-order valence-corrected chi connectivity index (χ0v) is 14.3. The van der Waals surface area contributed by atoms with Crippen LogP contribution >= 0.6 is 11.3 Å². The Morgan fingerprint density at radius 2 is 1.88 bits per heavy atom. The summed E-state index contributed by atoms with van der Waals surface area (Å²) in [6.45, 7) is 4.00. The van der Waals surface area contributed by atoms with Crippen molar-refractivity contribution in [3.63, 3.8) is 0 Å².